The molecule has 0 saturated carbocycles. The Bertz CT molecular complexity index is 7900. The van der Waals surface area contributed by atoms with E-state index >= 15 is 0 Å². The van der Waals surface area contributed by atoms with Crippen molar-refractivity contribution in [1.82, 2.24) is 0 Å². The highest BCUT2D eigenvalue weighted by Crippen LogP contribution is 2.46. The molecular formula is C91H62O38. The molecule has 0 aliphatic heterocycles. The molecule has 6 aromatic heterocycles. The van der Waals surface area contributed by atoms with E-state index in [1.165, 1.54) is 135 Å². The van der Waals surface area contributed by atoms with Crippen LogP contribution in [0.1, 0.15) is 0 Å². The van der Waals surface area contributed by atoms with E-state index in [-0.39, 0.29) is 192 Å². The third-order valence-corrected chi connectivity index (χ3v) is 18.8. The molecular weight excluding hydrogens is 1700 g/mol. The average molecular weight is 1760 g/mol. The van der Waals surface area contributed by atoms with Crippen LogP contribution in [0, 0.1) is 0 Å². The Morgan fingerprint density at radius 1 is 0.202 bits per heavy atom. The largest absolute Gasteiger partial charge is 0.508 e. The lowest BCUT2D eigenvalue weighted by Crippen LogP contribution is -2.02. The van der Waals surface area contributed by atoms with E-state index in [0.29, 0.717) is 21.9 Å². The van der Waals surface area contributed by atoms with Gasteiger partial charge in [-0.1, -0.05) is 0 Å². The molecule has 0 amide bonds. The van der Waals surface area contributed by atoms with Crippen molar-refractivity contribution in [1.29, 1.82) is 0 Å². The Kier molecular flexibility index (Phi) is 23.8. The van der Waals surface area contributed by atoms with Crippen LogP contribution in [-0.2, 0) is 0 Å². The molecule has 12 aromatic carbocycles. The monoisotopic (exact) mass is 1760 g/mol. The van der Waals surface area contributed by atoms with Gasteiger partial charge in [0.2, 0.25) is 16.9 Å². The van der Waals surface area contributed by atoms with Crippen LogP contribution >= 0.6 is 0 Å². The second kappa shape index (κ2) is 35.0. The van der Waals surface area contributed by atoms with Crippen molar-refractivity contribution < 1.29 is 159 Å². The molecule has 0 atom stereocenters. The molecule has 129 heavy (non-hydrogen) atoms. The SMILES string of the molecule is COc1cc(-c2cc(=O)c3c(O)cc(O)cc3o2)cc(O)c1O.O=c1c(O)c(-c2cc(O)c(O)c(O)c2)oc2cc(O)ccc12.O=c1cc(-c2cc(O)c(O)c(O)c2)oc2cc(O)cc(O)c12.O=c1cc(-c2cc(O)c(O)c(O)c2)oc2cc(O)ccc12.O=c1cc(-c2ccc(O)c(O)c2)oc2cc(O)cc(O)c12.O=c1cc(-c2ccc(O)c(O)c2)oc2cc(O)ccc12. The van der Waals surface area contributed by atoms with Crippen molar-refractivity contribution in [3.05, 3.63) is 268 Å². The van der Waals surface area contributed by atoms with Crippen LogP contribution in [0.5, 0.6) is 149 Å². The molecule has 38 nitrogen and oxygen atoms in total. The molecule has 0 spiro atoms. The summed E-state index contributed by atoms with van der Waals surface area (Å²) in [6, 6.07) is 41.8. The van der Waals surface area contributed by atoms with Crippen LogP contribution < -0.4 is 37.3 Å². The number of ether oxygens (including phenoxy) is 1. The molecule has 18 rings (SSSR count). The van der Waals surface area contributed by atoms with Crippen molar-refractivity contribution in [2.75, 3.05) is 7.11 Å². The van der Waals surface area contributed by atoms with Crippen LogP contribution in [-0.4, -0.2) is 135 Å². The number of rotatable bonds is 7. The Labute approximate surface area is 713 Å². The summed E-state index contributed by atoms with van der Waals surface area (Å²) in [6.45, 7) is 0. The number of phenolic OH excluding ortho intramolecular Hbond substituents is 24. The van der Waals surface area contributed by atoms with Crippen LogP contribution in [0.4, 0.5) is 0 Å². The molecule has 0 bridgehead atoms. The molecule has 18 aromatic rings. The van der Waals surface area contributed by atoms with Crippen molar-refractivity contribution in [2.24, 2.45) is 0 Å². The van der Waals surface area contributed by atoms with Crippen LogP contribution in [0.25, 0.3) is 134 Å². The maximum absolute atomic E-state index is 12.2. The Morgan fingerprint density at radius 3 is 0.806 bits per heavy atom. The summed E-state index contributed by atoms with van der Waals surface area (Å²) in [5.41, 5.74) is -1.11. The quantitative estimate of drug-likeness (QED) is 0.0659. The number of fused-ring (bicyclic) bond motifs is 6. The maximum atomic E-state index is 12.2. The minimum Gasteiger partial charge on any atom is -0.508 e. The van der Waals surface area contributed by atoms with Gasteiger partial charge in [-0.2, -0.15) is 0 Å². The van der Waals surface area contributed by atoms with Gasteiger partial charge in [-0.05, 0) is 121 Å². The van der Waals surface area contributed by atoms with Crippen LogP contribution in [0.3, 0.4) is 0 Å². The number of aromatic hydroxyl groups is 25. The molecule has 0 aliphatic rings. The highest BCUT2D eigenvalue weighted by Gasteiger charge is 2.24. The van der Waals surface area contributed by atoms with E-state index in [9.17, 15) is 156 Å². The van der Waals surface area contributed by atoms with Gasteiger partial charge in [0, 0.05) is 118 Å². The highest BCUT2D eigenvalue weighted by atomic mass is 16.5. The van der Waals surface area contributed by atoms with E-state index in [4.69, 9.17) is 31.2 Å². The van der Waals surface area contributed by atoms with E-state index < -0.39 is 102 Å². The number of hydrogen-bond donors (Lipinski definition) is 25. The zero-order chi connectivity index (χ0) is 93.3. The second-order valence-corrected chi connectivity index (χ2v) is 27.6. The fourth-order valence-electron chi connectivity index (χ4n) is 12.6. The first-order chi connectivity index (χ1) is 61.1. The van der Waals surface area contributed by atoms with Gasteiger partial charge < -0.3 is 159 Å². The summed E-state index contributed by atoms with van der Waals surface area (Å²) in [4.78, 5) is 72.4. The summed E-state index contributed by atoms with van der Waals surface area (Å²) >= 11 is 0. The van der Waals surface area contributed by atoms with Crippen molar-refractivity contribution in [3.8, 4) is 217 Å². The predicted molar refractivity (Wildman–Crippen MR) is 456 cm³/mol. The van der Waals surface area contributed by atoms with Gasteiger partial charge in [-0.25, -0.2) is 0 Å². The maximum Gasteiger partial charge on any atom is 0.235 e. The zero-order valence-electron chi connectivity index (χ0n) is 65.1. The number of methoxy groups -OCH3 is 1. The number of benzene rings is 12. The van der Waals surface area contributed by atoms with Crippen LogP contribution in [0.2, 0.25) is 0 Å². The Hall–Kier alpha value is -19.3. The third-order valence-electron chi connectivity index (χ3n) is 18.8. The van der Waals surface area contributed by atoms with E-state index in [1.54, 1.807) is 0 Å². The lowest BCUT2D eigenvalue weighted by atomic mass is 10.1. The van der Waals surface area contributed by atoms with E-state index in [2.05, 4.69) is 0 Å². The smallest absolute Gasteiger partial charge is 0.235 e. The van der Waals surface area contributed by atoms with Gasteiger partial charge in [0.1, 0.15) is 130 Å². The Morgan fingerprint density at radius 2 is 0.473 bits per heavy atom. The topological polar surface area (TPSA) is 696 Å². The fraction of sp³-hybridized carbons (Fsp3) is 0.0110. The summed E-state index contributed by atoms with van der Waals surface area (Å²) in [5, 5.41) is 238. The zero-order valence-corrected chi connectivity index (χ0v) is 65.1. The minimum absolute atomic E-state index is 0.00139. The summed E-state index contributed by atoms with van der Waals surface area (Å²) < 4.78 is 37.8. The van der Waals surface area contributed by atoms with Crippen molar-refractivity contribution in [2.45, 2.75) is 0 Å². The lowest BCUT2D eigenvalue weighted by molar-refractivity contribution is 0.351. The molecule has 38 heteroatoms. The molecule has 6 heterocycles. The highest BCUT2D eigenvalue weighted by molar-refractivity contribution is 5.90. The van der Waals surface area contributed by atoms with Gasteiger partial charge in [-0.3, -0.25) is 28.8 Å². The van der Waals surface area contributed by atoms with Gasteiger partial charge in [0.15, 0.2) is 119 Å². The first kappa shape index (κ1) is 87.5. The molecule has 0 unspecified atom stereocenters. The van der Waals surface area contributed by atoms with E-state index in [1.807, 2.05) is 0 Å². The van der Waals surface area contributed by atoms with Crippen LogP contribution in [0.15, 0.2) is 262 Å². The van der Waals surface area contributed by atoms with Crippen molar-refractivity contribution in [3.63, 3.8) is 0 Å². The summed E-state index contributed by atoms with van der Waals surface area (Å²) in [7, 11) is 1.31. The summed E-state index contributed by atoms with van der Waals surface area (Å²) in [5.74, 6) is -10.4. The molecule has 0 aliphatic carbocycles. The molecule has 0 saturated heterocycles. The summed E-state index contributed by atoms with van der Waals surface area (Å²) in [6.07, 6.45) is 0. The van der Waals surface area contributed by atoms with Gasteiger partial charge in [-0.15, -0.1) is 0 Å². The Balaban J connectivity index is 0.000000132. The number of phenols is 24. The second-order valence-electron chi connectivity index (χ2n) is 27.6. The lowest BCUT2D eigenvalue weighted by Gasteiger charge is -2.09. The van der Waals surface area contributed by atoms with Gasteiger partial charge in [0.05, 0.1) is 23.3 Å². The van der Waals surface area contributed by atoms with E-state index in [0.717, 1.165) is 78.9 Å². The molecule has 25 N–H and O–H groups in total. The molecule has 0 fully saturated rings. The standard InChI is InChI=1S/C16H12O7.2C15H10O7.2C15H10O6.C15H10O5/c1-22-14-3-7(2-11(20)16(14)21)12-6-10(19)15-9(18)4-8(17)5-13(15)23-12;16-7-3-8(17)14-9(18)5-12(22-13(14)4-7)6-1-10(19)15(21)11(20)2-6;16-7-1-2-8-11(5-7)22-15(14(21)12(8)19)6-3-9(17)13(20)10(18)4-6;16-8-1-2-9-10(17)6-13(21-14(9)5-8)7-3-11(18)15(20)12(19)4-7;16-8-4-11(19)15-12(20)6-13(21-14(15)5-8)7-1-2-9(17)10(18)3-7;16-9-2-3-10-12(18)7-14(20-15(10)6-9)8-1-4-11(17)13(19)5-8/h2-6,17-18,20-21H,1H3;1-5,16-17,19-21H;1-5,16-18,20-21H;1-6,16,18-20H;1-6,16-19H;1-7,16-17,19H. The first-order valence-corrected chi connectivity index (χ1v) is 36.5. The first-order valence-electron chi connectivity index (χ1n) is 36.5. The van der Waals surface area contributed by atoms with Gasteiger partial charge in [0.25, 0.3) is 0 Å². The number of hydrogen-bond acceptors (Lipinski definition) is 38. The third kappa shape index (κ3) is 18.3. The normalized spacial score (nSPS) is 10.9. The molecule has 0 radical (unpaired) electrons. The minimum atomic E-state index is -0.733. The predicted octanol–water partition coefficient (Wildman–Crippen LogP) is 13.4. The molecule has 654 valence electrons. The van der Waals surface area contributed by atoms with Crippen molar-refractivity contribution >= 4 is 65.8 Å². The fourth-order valence-corrected chi connectivity index (χ4v) is 12.6. The average Bonchev–Trinajstić information content (AvgIpc) is 0.796. The van der Waals surface area contributed by atoms with Gasteiger partial charge >= 0.3 is 0 Å².